The lowest BCUT2D eigenvalue weighted by molar-refractivity contribution is 0.407. The van der Waals surface area contributed by atoms with E-state index in [2.05, 4.69) is 43.1 Å². The molecule has 0 aromatic carbocycles. The van der Waals surface area contributed by atoms with Crippen LogP contribution in [0.4, 0.5) is 5.95 Å². The van der Waals surface area contributed by atoms with E-state index in [1.165, 1.54) is 47.4 Å². The minimum absolute atomic E-state index is 0.524. The van der Waals surface area contributed by atoms with E-state index in [0.717, 1.165) is 44.7 Å². The SMILES string of the molecule is CC1=CC=C(c2nc(N3[C@H](C)CCC[C@@H]3C)nc3c2CCNCC3)CC1. The number of rotatable bonds is 2. The van der Waals surface area contributed by atoms with Gasteiger partial charge in [-0.2, -0.15) is 0 Å². The van der Waals surface area contributed by atoms with Crippen LogP contribution >= 0.6 is 0 Å². The topological polar surface area (TPSA) is 41.1 Å². The van der Waals surface area contributed by atoms with E-state index in [0.29, 0.717) is 12.1 Å². The van der Waals surface area contributed by atoms with E-state index in [1.807, 2.05) is 0 Å². The van der Waals surface area contributed by atoms with Gasteiger partial charge in [0.05, 0.1) is 11.4 Å². The zero-order valence-electron chi connectivity index (χ0n) is 16.5. The molecular formula is C22H32N4. The molecule has 1 N–H and O–H groups in total. The van der Waals surface area contributed by atoms with Gasteiger partial charge >= 0.3 is 0 Å². The highest BCUT2D eigenvalue weighted by Crippen LogP contribution is 2.33. The average Bonchev–Trinajstić information content (AvgIpc) is 2.87. The Morgan fingerprint density at radius 2 is 1.73 bits per heavy atom. The average molecular weight is 353 g/mol. The number of hydrogen-bond acceptors (Lipinski definition) is 4. The molecular weight excluding hydrogens is 320 g/mol. The Morgan fingerprint density at radius 3 is 2.46 bits per heavy atom. The highest BCUT2D eigenvalue weighted by Gasteiger charge is 2.29. The van der Waals surface area contributed by atoms with Crippen LogP contribution in [0.2, 0.25) is 0 Å². The molecule has 4 nitrogen and oxygen atoms in total. The summed E-state index contributed by atoms with van der Waals surface area (Å²) < 4.78 is 0. The maximum absolute atomic E-state index is 5.19. The van der Waals surface area contributed by atoms with Gasteiger partial charge in [0.2, 0.25) is 5.95 Å². The first-order valence-corrected chi connectivity index (χ1v) is 10.4. The van der Waals surface area contributed by atoms with E-state index in [9.17, 15) is 0 Å². The normalized spacial score (nSPS) is 26.7. The molecule has 1 aliphatic carbocycles. The van der Waals surface area contributed by atoms with E-state index >= 15 is 0 Å². The van der Waals surface area contributed by atoms with Crippen molar-refractivity contribution in [2.24, 2.45) is 0 Å². The van der Waals surface area contributed by atoms with Crippen LogP contribution in [0, 0.1) is 0 Å². The third-order valence-corrected chi connectivity index (χ3v) is 6.26. The van der Waals surface area contributed by atoms with Crippen LogP contribution in [-0.4, -0.2) is 35.1 Å². The van der Waals surface area contributed by atoms with Crippen molar-refractivity contribution in [3.63, 3.8) is 0 Å². The maximum Gasteiger partial charge on any atom is 0.226 e. The second-order valence-corrected chi connectivity index (χ2v) is 8.29. The molecule has 1 saturated heterocycles. The molecule has 1 aromatic heterocycles. The van der Waals surface area contributed by atoms with Crippen molar-refractivity contribution < 1.29 is 0 Å². The van der Waals surface area contributed by atoms with Crippen molar-refractivity contribution in [2.45, 2.75) is 77.8 Å². The van der Waals surface area contributed by atoms with E-state index in [1.54, 1.807) is 0 Å². The van der Waals surface area contributed by atoms with Crippen molar-refractivity contribution in [2.75, 3.05) is 18.0 Å². The molecule has 0 amide bonds. The Kier molecular flexibility index (Phi) is 5.12. The molecule has 0 unspecified atom stereocenters. The van der Waals surface area contributed by atoms with Crippen LogP contribution < -0.4 is 10.2 Å². The van der Waals surface area contributed by atoms with Gasteiger partial charge in [-0.25, -0.2) is 9.97 Å². The first-order chi connectivity index (χ1) is 12.6. The fourth-order valence-electron chi connectivity index (χ4n) is 4.67. The van der Waals surface area contributed by atoms with E-state index in [-0.39, 0.29) is 0 Å². The Labute approximate surface area is 157 Å². The number of aromatic nitrogens is 2. The highest BCUT2D eigenvalue weighted by atomic mass is 15.3. The number of hydrogen-bond donors (Lipinski definition) is 1. The molecule has 0 radical (unpaired) electrons. The fraction of sp³-hybridized carbons (Fsp3) is 0.636. The number of allylic oxidation sites excluding steroid dienone is 4. The Balaban J connectivity index is 1.81. The summed E-state index contributed by atoms with van der Waals surface area (Å²) in [6.07, 6.45) is 12.7. The highest BCUT2D eigenvalue weighted by molar-refractivity contribution is 5.70. The molecule has 2 aliphatic heterocycles. The van der Waals surface area contributed by atoms with Crippen LogP contribution in [0.15, 0.2) is 17.7 Å². The lowest BCUT2D eigenvalue weighted by Gasteiger charge is -2.39. The van der Waals surface area contributed by atoms with Gasteiger partial charge in [0, 0.05) is 30.6 Å². The molecule has 1 aromatic rings. The maximum atomic E-state index is 5.19. The summed E-state index contributed by atoms with van der Waals surface area (Å²) in [6.45, 7) is 8.93. The van der Waals surface area contributed by atoms with Crippen molar-refractivity contribution >= 4 is 11.5 Å². The monoisotopic (exact) mass is 352 g/mol. The molecule has 0 spiro atoms. The van der Waals surface area contributed by atoms with Crippen molar-refractivity contribution in [3.8, 4) is 0 Å². The second kappa shape index (κ2) is 7.51. The third kappa shape index (κ3) is 3.44. The van der Waals surface area contributed by atoms with Crippen LogP contribution in [0.25, 0.3) is 5.57 Å². The molecule has 3 aliphatic rings. The molecule has 4 rings (SSSR count). The molecule has 0 saturated carbocycles. The molecule has 140 valence electrons. The van der Waals surface area contributed by atoms with Crippen LogP contribution in [-0.2, 0) is 12.8 Å². The van der Waals surface area contributed by atoms with Crippen molar-refractivity contribution in [3.05, 3.63) is 34.7 Å². The summed E-state index contributed by atoms with van der Waals surface area (Å²) in [7, 11) is 0. The van der Waals surface area contributed by atoms with Crippen LogP contribution in [0.1, 0.15) is 69.8 Å². The molecule has 26 heavy (non-hydrogen) atoms. The Bertz CT molecular complexity index is 724. The van der Waals surface area contributed by atoms with E-state index < -0.39 is 0 Å². The van der Waals surface area contributed by atoms with Gasteiger partial charge in [-0.05, 0) is 71.4 Å². The predicted octanol–water partition coefficient (Wildman–Crippen LogP) is 4.06. The Morgan fingerprint density at radius 1 is 0.962 bits per heavy atom. The van der Waals surface area contributed by atoms with Gasteiger partial charge in [-0.15, -0.1) is 0 Å². The summed E-state index contributed by atoms with van der Waals surface area (Å²) in [6, 6.07) is 1.05. The number of nitrogens with zero attached hydrogens (tertiary/aromatic N) is 3. The quantitative estimate of drug-likeness (QED) is 0.871. The number of piperidine rings is 1. The predicted molar refractivity (Wildman–Crippen MR) is 109 cm³/mol. The first-order valence-electron chi connectivity index (χ1n) is 10.4. The molecule has 1 fully saturated rings. The van der Waals surface area contributed by atoms with Crippen molar-refractivity contribution in [1.82, 2.24) is 15.3 Å². The minimum Gasteiger partial charge on any atom is -0.335 e. The second-order valence-electron chi connectivity index (χ2n) is 8.29. The van der Waals surface area contributed by atoms with Gasteiger partial charge in [0.15, 0.2) is 0 Å². The number of nitrogens with one attached hydrogen (secondary N) is 1. The number of anilines is 1. The lowest BCUT2D eigenvalue weighted by atomic mass is 9.92. The third-order valence-electron chi connectivity index (χ3n) is 6.26. The smallest absolute Gasteiger partial charge is 0.226 e. The van der Waals surface area contributed by atoms with Crippen LogP contribution in [0.5, 0.6) is 0 Å². The van der Waals surface area contributed by atoms with E-state index in [4.69, 9.17) is 9.97 Å². The van der Waals surface area contributed by atoms with Gasteiger partial charge in [-0.1, -0.05) is 17.7 Å². The molecule has 3 heterocycles. The zero-order valence-corrected chi connectivity index (χ0v) is 16.5. The van der Waals surface area contributed by atoms with Crippen LogP contribution in [0.3, 0.4) is 0 Å². The molecule has 0 bridgehead atoms. The molecule has 2 atom stereocenters. The van der Waals surface area contributed by atoms with Crippen molar-refractivity contribution in [1.29, 1.82) is 0 Å². The summed E-state index contributed by atoms with van der Waals surface area (Å²) in [5, 5.41) is 3.54. The van der Waals surface area contributed by atoms with Gasteiger partial charge in [0.25, 0.3) is 0 Å². The summed E-state index contributed by atoms with van der Waals surface area (Å²) >= 11 is 0. The Hall–Kier alpha value is -1.68. The summed E-state index contributed by atoms with van der Waals surface area (Å²) in [5.41, 5.74) is 6.74. The standard InChI is InChI=1S/C22H32N4/c1-15-7-9-18(10-8-15)21-19-11-13-23-14-12-20(19)24-22(25-21)26-16(2)5-4-6-17(26)3/h7,9,16-17,23H,4-6,8,10-14H2,1-3H3/t16-,17+. The summed E-state index contributed by atoms with van der Waals surface area (Å²) in [4.78, 5) is 12.8. The lowest BCUT2D eigenvalue weighted by Crippen LogP contribution is -2.45. The first kappa shape index (κ1) is 17.7. The fourth-order valence-corrected chi connectivity index (χ4v) is 4.67. The zero-order chi connectivity index (χ0) is 18.1. The van der Waals surface area contributed by atoms with Gasteiger partial charge in [0.1, 0.15) is 0 Å². The largest absolute Gasteiger partial charge is 0.335 e. The number of fused-ring (bicyclic) bond motifs is 1. The molecule has 4 heteroatoms. The summed E-state index contributed by atoms with van der Waals surface area (Å²) in [5.74, 6) is 0.965. The minimum atomic E-state index is 0.524. The van der Waals surface area contributed by atoms with Gasteiger partial charge < -0.3 is 10.2 Å². The van der Waals surface area contributed by atoms with Gasteiger partial charge in [-0.3, -0.25) is 0 Å².